The maximum atomic E-state index is 8.68. The molecular formula is C14H21N5. The second kappa shape index (κ2) is 6.48. The number of rotatable bonds is 5. The molecule has 1 aromatic heterocycles. The van der Waals surface area contributed by atoms with E-state index in [4.69, 9.17) is 5.26 Å². The molecular weight excluding hydrogens is 238 g/mol. The van der Waals surface area contributed by atoms with Crippen LogP contribution in [0, 0.1) is 17.2 Å². The second-order valence-electron chi connectivity index (χ2n) is 5.35. The molecule has 2 rings (SSSR count). The van der Waals surface area contributed by atoms with Crippen molar-refractivity contribution in [2.45, 2.75) is 32.7 Å². The van der Waals surface area contributed by atoms with Crippen LogP contribution in [0.4, 0.5) is 5.82 Å². The number of anilines is 1. The van der Waals surface area contributed by atoms with Crippen LogP contribution in [0.5, 0.6) is 0 Å². The Morgan fingerprint density at radius 1 is 1.32 bits per heavy atom. The number of nitrogens with one attached hydrogen (secondary N) is 1. The van der Waals surface area contributed by atoms with Crippen molar-refractivity contribution < 1.29 is 0 Å². The Hall–Kier alpha value is -1.67. The topological polar surface area (TPSA) is 64.8 Å². The molecule has 0 aliphatic carbocycles. The van der Waals surface area contributed by atoms with Gasteiger partial charge in [0.05, 0.1) is 0 Å². The van der Waals surface area contributed by atoms with E-state index in [1.54, 1.807) is 6.07 Å². The van der Waals surface area contributed by atoms with E-state index < -0.39 is 0 Å². The van der Waals surface area contributed by atoms with E-state index in [1.807, 2.05) is 12.1 Å². The Morgan fingerprint density at radius 3 is 2.58 bits per heavy atom. The molecule has 102 valence electrons. The third-order valence-electron chi connectivity index (χ3n) is 3.65. The summed E-state index contributed by atoms with van der Waals surface area (Å²) in [6, 6.07) is 6.00. The van der Waals surface area contributed by atoms with Gasteiger partial charge in [0, 0.05) is 12.6 Å². The molecule has 1 aliphatic rings. The minimum Gasteiger partial charge on any atom is -0.367 e. The molecule has 0 amide bonds. The molecule has 19 heavy (non-hydrogen) atoms. The predicted octanol–water partition coefficient (Wildman–Crippen LogP) is 1.88. The molecule has 1 aromatic rings. The minimum absolute atomic E-state index is 0.352. The van der Waals surface area contributed by atoms with Gasteiger partial charge in [-0.1, -0.05) is 13.8 Å². The van der Waals surface area contributed by atoms with Gasteiger partial charge in [0.15, 0.2) is 5.69 Å². The molecule has 0 bridgehead atoms. The van der Waals surface area contributed by atoms with Gasteiger partial charge in [-0.05, 0) is 44.0 Å². The lowest BCUT2D eigenvalue weighted by molar-refractivity contribution is 0.201. The van der Waals surface area contributed by atoms with E-state index in [-0.39, 0.29) is 0 Å². The minimum atomic E-state index is 0.352. The number of nitrogens with zero attached hydrogens (tertiary/aromatic N) is 4. The number of aromatic nitrogens is 2. The zero-order chi connectivity index (χ0) is 13.7. The highest BCUT2D eigenvalue weighted by molar-refractivity contribution is 5.35. The molecule has 5 heteroatoms. The molecule has 1 aliphatic heterocycles. The molecule has 1 N–H and O–H groups in total. The average molecular weight is 259 g/mol. The van der Waals surface area contributed by atoms with Gasteiger partial charge in [0.2, 0.25) is 0 Å². The lowest BCUT2D eigenvalue weighted by Gasteiger charge is -2.31. The fourth-order valence-electron chi connectivity index (χ4n) is 2.55. The molecule has 5 nitrogen and oxygen atoms in total. The summed E-state index contributed by atoms with van der Waals surface area (Å²) in [5, 5.41) is 19.8. The van der Waals surface area contributed by atoms with Crippen molar-refractivity contribution in [2.24, 2.45) is 5.92 Å². The first-order chi connectivity index (χ1) is 9.20. The summed E-state index contributed by atoms with van der Waals surface area (Å²) < 4.78 is 0. The zero-order valence-electron chi connectivity index (χ0n) is 11.6. The van der Waals surface area contributed by atoms with Crippen molar-refractivity contribution in [1.82, 2.24) is 15.1 Å². The molecule has 1 atom stereocenters. The maximum Gasteiger partial charge on any atom is 0.163 e. The van der Waals surface area contributed by atoms with E-state index in [9.17, 15) is 0 Å². The Kier molecular flexibility index (Phi) is 4.69. The summed E-state index contributed by atoms with van der Waals surface area (Å²) in [4.78, 5) is 2.55. The van der Waals surface area contributed by atoms with E-state index in [1.165, 1.54) is 25.9 Å². The molecule has 0 aromatic carbocycles. The molecule has 2 heterocycles. The summed E-state index contributed by atoms with van der Waals surface area (Å²) in [6.45, 7) is 7.79. The second-order valence-corrected chi connectivity index (χ2v) is 5.35. The number of hydrogen-bond acceptors (Lipinski definition) is 5. The van der Waals surface area contributed by atoms with Gasteiger partial charge in [0.25, 0.3) is 0 Å². The molecule has 0 spiro atoms. The van der Waals surface area contributed by atoms with E-state index in [0.29, 0.717) is 17.7 Å². The third kappa shape index (κ3) is 3.65. The first-order valence-electron chi connectivity index (χ1n) is 6.92. The van der Waals surface area contributed by atoms with Gasteiger partial charge in [-0.25, -0.2) is 0 Å². The maximum absolute atomic E-state index is 8.68. The summed E-state index contributed by atoms with van der Waals surface area (Å²) in [6.07, 6.45) is 2.61. The highest BCUT2D eigenvalue weighted by Crippen LogP contribution is 2.18. The van der Waals surface area contributed by atoms with Crippen molar-refractivity contribution in [3.8, 4) is 6.07 Å². The van der Waals surface area contributed by atoms with Crippen LogP contribution >= 0.6 is 0 Å². The zero-order valence-corrected chi connectivity index (χ0v) is 11.6. The van der Waals surface area contributed by atoms with E-state index in [2.05, 4.69) is 34.3 Å². The van der Waals surface area contributed by atoms with Crippen molar-refractivity contribution in [3.63, 3.8) is 0 Å². The summed E-state index contributed by atoms with van der Waals surface area (Å²) >= 11 is 0. The van der Waals surface area contributed by atoms with Crippen LogP contribution in [-0.4, -0.2) is 40.8 Å². The molecule has 1 fully saturated rings. The van der Waals surface area contributed by atoms with Gasteiger partial charge in [-0.3, -0.25) is 4.90 Å². The molecule has 1 saturated heterocycles. The predicted molar refractivity (Wildman–Crippen MR) is 74.7 cm³/mol. The van der Waals surface area contributed by atoms with Gasteiger partial charge >= 0.3 is 0 Å². The van der Waals surface area contributed by atoms with Gasteiger partial charge in [-0.15, -0.1) is 10.2 Å². The van der Waals surface area contributed by atoms with Gasteiger partial charge in [-0.2, -0.15) is 5.26 Å². The highest BCUT2D eigenvalue weighted by atomic mass is 15.2. The number of hydrogen-bond donors (Lipinski definition) is 1. The Labute approximate surface area is 114 Å². The van der Waals surface area contributed by atoms with Crippen molar-refractivity contribution in [2.75, 3.05) is 25.0 Å². The van der Waals surface area contributed by atoms with Crippen LogP contribution in [0.1, 0.15) is 32.4 Å². The summed E-state index contributed by atoms with van der Waals surface area (Å²) in [5.41, 5.74) is 0.352. The van der Waals surface area contributed by atoms with Gasteiger partial charge in [0.1, 0.15) is 11.9 Å². The SMILES string of the molecule is CC(C)C(CNc1ccc(C#N)nn1)N1CCCC1. The molecule has 0 radical (unpaired) electrons. The lowest BCUT2D eigenvalue weighted by Crippen LogP contribution is -2.42. The van der Waals surface area contributed by atoms with Crippen LogP contribution in [0.15, 0.2) is 12.1 Å². The fourth-order valence-corrected chi connectivity index (χ4v) is 2.55. The van der Waals surface area contributed by atoms with Crippen LogP contribution in [-0.2, 0) is 0 Å². The first-order valence-corrected chi connectivity index (χ1v) is 6.92. The Morgan fingerprint density at radius 2 is 2.05 bits per heavy atom. The van der Waals surface area contributed by atoms with Crippen LogP contribution < -0.4 is 5.32 Å². The highest BCUT2D eigenvalue weighted by Gasteiger charge is 2.24. The van der Waals surface area contributed by atoms with Gasteiger partial charge < -0.3 is 5.32 Å². The quantitative estimate of drug-likeness (QED) is 0.874. The Balaban J connectivity index is 1.92. The summed E-state index contributed by atoms with van der Waals surface area (Å²) in [5.74, 6) is 1.35. The Bertz CT molecular complexity index is 428. The normalized spacial score (nSPS) is 17.4. The van der Waals surface area contributed by atoms with Crippen molar-refractivity contribution in [3.05, 3.63) is 17.8 Å². The van der Waals surface area contributed by atoms with Crippen molar-refractivity contribution in [1.29, 1.82) is 5.26 Å². The molecule has 0 saturated carbocycles. The van der Waals surface area contributed by atoms with Crippen molar-refractivity contribution >= 4 is 5.82 Å². The van der Waals surface area contributed by atoms with E-state index in [0.717, 1.165) is 12.4 Å². The number of nitriles is 1. The largest absolute Gasteiger partial charge is 0.367 e. The molecule has 1 unspecified atom stereocenters. The lowest BCUT2D eigenvalue weighted by atomic mass is 10.0. The monoisotopic (exact) mass is 259 g/mol. The van der Waals surface area contributed by atoms with Crippen LogP contribution in [0.2, 0.25) is 0 Å². The standard InChI is InChI=1S/C14H21N5/c1-11(2)13(19-7-3-4-8-19)10-16-14-6-5-12(9-15)17-18-14/h5-6,11,13H,3-4,7-8,10H2,1-2H3,(H,16,18). The van der Waals surface area contributed by atoms with Crippen LogP contribution in [0.3, 0.4) is 0 Å². The van der Waals surface area contributed by atoms with Crippen LogP contribution in [0.25, 0.3) is 0 Å². The van der Waals surface area contributed by atoms with E-state index >= 15 is 0 Å². The average Bonchev–Trinajstić information content (AvgIpc) is 2.93. The first kappa shape index (κ1) is 13.8. The smallest absolute Gasteiger partial charge is 0.163 e. The summed E-state index contributed by atoms with van der Waals surface area (Å²) in [7, 11) is 0. The number of likely N-dealkylation sites (tertiary alicyclic amines) is 1. The third-order valence-corrected chi connectivity index (χ3v) is 3.65. The fraction of sp³-hybridized carbons (Fsp3) is 0.643.